The Bertz CT molecular complexity index is 620. The van der Waals surface area contributed by atoms with E-state index in [1.165, 1.54) is 0 Å². The normalized spacial score (nSPS) is 11.2. The third-order valence-electron chi connectivity index (χ3n) is 2.52. The van der Waals surface area contributed by atoms with Crippen molar-refractivity contribution in [2.24, 2.45) is 0 Å². The first-order valence-corrected chi connectivity index (χ1v) is 7.68. The lowest BCUT2D eigenvalue weighted by molar-refractivity contribution is 0.00645. The molecule has 2 rings (SSSR count). The first-order chi connectivity index (χ1) is 9.87. The molecule has 1 aromatic heterocycles. The Morgan fingerprint density at radius 1 is 1.33 bits per heavy atom. The van der Waals surface area contributed by atoms with Crippen LogP contribution in [0.1, 0.15) is 36.8 Å². The van der Waals surface area contributed by atoms with E-state index in [1.54, 1.807) is 20.8 Å². The van der Waals surface area contributed by atoms with Crippen LogP contribution in [0.3, 0.4) is 0 Å². The Balaban J connectivity index is 2.05. The molecule has 2 aromatic rings. The van der Waals surface area contributed by atoms with Gasteiger partial charge in [0.1, 0.15) is 15.6 Å². The number of halogens is 1. The van der Waals surface area contributed by atoms with Gasteiger partial charge in [0, 0.05) is 6.54 Å². The number of nitrogens with zero attached hydrogens (tertiary/aromatic N) is 1. The molecule has 0 amide bonds. The summed E-state index contributed by atoms with van der Waals surface area (Å²) in [7, 11) is 0. The van der Waals surface area contributed by atoms with E-state index < -0.39 is 11.6 Å². The minimum atomic E-state index is -0.568. The average Bonchev–Trinajstić information content (AvgIpc) is 2.77. The maximum absolute atomic E-state index is 12.0. The van der Waals surface area contributed by atoms with E-state index >= 15 is 0 Å². The van der Waals surface area contributed by atoms with E-state index in [0.29, 0.717) is 16.6 Å². The van der Waals surface area contributed by atoms with Crippen molar-refractivity contribution in [3.8, 4) is 0 Å². The van der Waals surface area contributed by atoms with E-state index in [4.69, 9.17) is 16.3 Å². The second-order valence-corrected chi connectivity index (χ2v) is 6.67. The summed E-state index contributed by atoms with van der Waals surface area (Å²) in [5.74, 6) is -0.503. The topological polar surface area (TPSA) is 51.2 Å². The van der Waals surface area contributed by atoms with E-state index in [0.717, 1.165) is 17.1 Å². The van der Waals surface area contributed by atoms with E-state index in [2.05, 4.69) is 9.69 Å². The SMILES string of the molecule is CC(C)(C)OC(=O)c1nsc(NCc2ccccc2)c1Cl. The molecular formula is C15H17ClN2O2S. The highest BCUT2D eigenvalue weighted by Crippen LogP contribution is 2.31. The second kappa shape index (κ2) is 6.45. The number of carbonyl (C=O) groups excluding carboxylic acids is 1. The Morgan fingerprint density at radius 3 is 2.62 bits per heavy atom. The van der Waals surface area contributed by atoms with Crippen molar-refractivity contribution in [2.45, 2.75) is 32.9 Å². The smallest absolute Gasteiger partial charge is 0.360 e. The lowest BCUT2D eigenvalue weighted by Gasteiger charge is -2.18. The van der Waals surface area contributed by atoms with Crippen LogP contribution in [-0.4, -0.2) is 15.9 Å². The van der Waals surface area contributed by atoms with Gasteiger partial charge in [-0.2, -0.15) is 4.37 Å². The van der Waals surface area contributed by atoms with E-state index in [9.17, 15) is 4.79 Å². The predicted molar refractivity (Wildman–Crippen MR) is 86.1 cm³/mol. The first kappa shape index (κ1) is 15.8. The van der Waals surface area contributed by atoms with Crippen molar-refractivity contribution in [1.82, 2.24) is 4.37 Å². The molecule has 1 N–H and O–H groups in total. The van der Waals surface area contributed by atoms with Gasteiger partial charge in [-0.3, -0.25) is 0 Å². The number of carbonyl (C=O) groups is 1. The van der Waals surface area contributed by atoms with Crippen LogP contribution < -0.4 is 5.32 Å². The van der Waals surface area contributed by atoms with Gasteiger partial charge in [0.25, 0.3) is 0 Å². The molecule has 0 saturated heterocycles. The van der Waals surface area contributed by atoms with E-state index in [-0.39, 0.29) is 5.69 Å². The van der Waals surface area contributed by atoms with Gasteiger partial charge in [0.2, 0.25) is 0 Å². The molecule has 0 atom stereocenters. The number of ether oxygens (including phenoxy) is 1. The Kier molecular flexibility index (Phi) is 4.85. The van der Waals surface area contributed by atoms with Crippen LogP contribution in [0.2, 0.25) is 5.02 Å². The third kappa shape index (κ3) is 4.44. The fraction of sp³-hybridized carbons (Fsp3) is 0.333. The summed E-state index contributed by atoms with van der Waals surface area (Å²) >= 11 is 7.35. The van der Waals surface area contributed by atoms with Crippen molar-refractivity contribution in [1.29, 1.82) is 0 Å². The molecule has 0 aliphatic heterocycles. The van der Waals surface area contributed by atoms with Crippen molar-refractivity contribution in [2.75, 3.05) is 5.32 Å². The quantitative estimate of drug-likeness (QED) is 0.849. The fourth-order valence-corrected chi connectivity index (χ4v) is 2.62. The van der Waals surface area contributed by atoms with Crippen LogP contribution in [0.5, 0.6) is 0 Å². The summed E-state index contributed by atoms with van der Waals surface area (Å²) in [6, 6.07) is 9.92. The largest absolute Gasteiger partial charge is 0.455 e. The molecule has 112 valence electrons. The fourth-order valence-electron chi connectivity index (χ4n) is 1.62. The second-order valence-electron chi connectivity index (χ2n) is 5.52. The van der Waals surface area contributed by atoms with Crippen LogP contribution in [0.4, 0.5) is 5.00 Å². The average molecular weight is 325 g/mol. The molecular weight excluding hydrogens is 308 g/mol. The zero-order valence-corrected chi connectivity index (χ0v) is 13.7. The number of nitrogens with one attached hydrogen (secondary N) is 1. The molecule has 21 heavy (non-hydrogen) atoms. The van der Waals surface area contributed by atoms with Gasteiger partial charge in [-0.15, -0.1) is 0 Å². The third-order valence-corrected chi connectivity index (χ3v) is 3.81. The van der Waals surface area contributed by atoms with Gasteiger partial charge >= 0.3 is 5.97 Å². The maximum atomic E-state index is 12.0. The first-order valence-electron chi connectivity index (χ1n) is 6.53. The van der Waals surface area contributed by atoms with Crippen molar-refractivity contribution in [3.63, 3.8) is 0 Å². The summed E-state index contributed by atoms with van der Waals surface area (Å²) in [5, 5.41) is 4.16. The molecule has 1 aromatic carbocycles. The standard InChI is InChI=1S/C15H17ClN2O2S/c1-15(2,3)20-14(19)12-11(16)13(21-18-12)17-9-10-7-5-4-6-8-10/h4-8,17H,9H2,1-3H3. The molecule has 0 bridgehead atoms. The Hall–Kier alpha value is -1.59. The number of rotatable bonds is 4. The van der Waals surface area contributed by atoms with Crippen molar-refractivity contribution in [3.05, 3.63) is 46.6 Å². The van der Waals surface area contributed by atoms with Gasteiger partial charge in [-0.05, 0) is 37.9 Å². The van der Waals surface area contributed by atoms with Crippen LogP contribution in [0, 0.1) is 0 Å². The monoisotopic (exact) mass is 324 g/mol. The molecule has 6 heteroatoms. The zero-order chi connectivity index (χ0) is 15.5. The van der Waals surface area contributed by atoms with Crippen molar-refractivity contribution >= 4 is 34.1 Å². The lowest BCUT2D eigenvalue weighted by atomic mass is 10.2. The summed E-state index contributed by atoms with van der Waals surface area (Å²) in [6.45, 7) is 6.04. The van der Waals surface area contributed by atoms with Crippen LogP contribution in [0.15, 0.2) is 30.3 Å². The molecule has 0 saturated carbocycles. The Morgan fingerprint density at radius 2 is 2.00 bits per heavy atom. The molecule has 0 spiro atoms. The van der Waals surface area contributed by atoms with Crippen molar-refractivity contribution < 1.29 is 9.53 Å². The van der Waals surface area contributed by atoms with Gasteiger partial charge in [-0.1, -0.05) is 41.9 Å². The van der Waals surface area contributed by atoms with Gasteiger partial charge in [-0.25, -0.2) is 4.79 Å². The number of benzene rings is 1. The van der Waals surface area contributed by atoms with Gasteiger partial charge in [0.05, 0.1) is 0 Å². The molecule has 0 radical (unpaired) electrons. The summed E-state index contributed by atoms with van der Waals surface area (Å²) in [4.78, 5) is 12.0. The minimum absolute atomic E-state index is 0.159. The number of esters is 1. The summed E-state index contributed by atoms with van der Waals surface area (Å²) in [5.41, 5.74) is 0.717. The highest BCUT2D eigenvalue weighted by Gasteiger charge is 2.24. The zero-order valence-electron chi connectivity index (χ0n) is 12.1. The number of hydrogen-bond donors (Lipinski definition) is 1. The Labute approximate surface area is 133 Å². The lowest BCUT2D eigenvalue weighted by Crippen LogP contribution is -2.24. The van der Waals surface area contributed by atoms with Crippen LogP contribution in [-0.2, 0) is 11.3 Å². The number of aromatic nitrogens is 1. The molecule has 4 nitrogen and oxygen atoms in total. The van der Waals surface area contributed by atoms with Crippen LogP contribution >= 0.6 is 23.1 Å². The summed E-state index contributed by atoms with van der Waals surface area (Å²) < 4.78 is 9.36. The summed E-state index contributed by atoms with van der Waals surface area (Å²) in [6.07, 6.45) is 0. The minimum Gasteiger partial charge on any atom is -0.455 e. The predicted octanol–water partition coefficient (Wildman–Crippen LogP) is 4.36. The molecule has 0 aliphatic rings. The van der Waals surface area contributed by atoms with Gasteiger partial charge < -0.3 is 10.1 Å². The highest BCUT2D eigenvalue weighted by atomic mass is 35.5. The van der Waals surface area contributed by atoms with Crippen LogP contribution in [0.25, 0.3) is 0 Å². The molecule has 0 fully saturated rings. The molecule has 0 aliphatic carbocycles. The van der Waals surface area contributed by atoms with E-state index in [1.807, 2.05) is 30.3 Å². The molecule has 1 heterocycles. The molecule has 0 unspecified atom stereocenters. The maximum Gasteiger partial charge on any atom is 0.360 e. The number of anilines is 1. The highest BCUT2D eigenvalue weighted by molar-refractivity contribution is 7.11. The van der Waals surface area contributed by atoms with Gasteiger partial charge in [0.15, 0.2) is 5.69 Å². The number of hydrogen-bond acceptors (Lipinski definition) is 5.